The highest BCUT2D eigenvalue weighted by Crippen LogP contribution is 2.18. The number of hydrogen-bond acceptors (Lipinski definition) is 4. The number of carbonyl (C=O) groups is 2. The topological polar surface area (TPSA) is 88.5 Å². The predicted octanol–water partition coefficient (Wildman–Crippen LogP) is 2.40. The van der Waals surface area contributed by atoms with Crippen LogP contribution in [-0.4, -0.2) is 28.6 Å². The Hall–Kier alpha value is -2.16. The van der Waals surface area contributed by atoms with Crippen LogP contribution in [0.25, 0.3) is 0 Å². The van der Waals surface area contributed by atoms with E-state index in [2.05, 4.69) is 32.9 Å². The number of benzene rings is 1. The number of hydrogen-bond donors (Lipinski definition) is 2. The van der Waals surface area contributed by atoms with Gasteiger partial charge in [0.25, 0.3) is 5.91 Å². The Morgan fingerprint density at radius 3 is 2.76 bits per heavy atom. The van der Waals surface area contributed by atoms with Gasteiger partial charge in [0.15, 0.2) is 12.4 Å². The van der Waals surface area contributed by atoms with E-state index >= 15 is 0 Å². The number of pyridine rings is 1. The van der Waals surface area contributed by atoms with Gasteiger partial charge in [0.05, 0.1) is 11.9 Å². The molecule has 0 atom stereocenters. The summed E-state index contributed by atoms with van der Waals surface area (Å²) in [6, 6.07) is 8.62. The summed E-state index contributed by atoms with van der Waals surface area (Å²) in [6.07, 6.45) is 2.62. The van der Waals surface area contributed by atoms with Gasteiger partial charge >= 0.3 is 5.97 Å². The zero-order valence-corrected chi connectivity index (χ0v) is 12.9. The smallest absolute Gasteiger partial charge is 0.339 e. The molecule has 1 heterocycles. The quantitative estimate of drug-likeness (QED) is 0.756. The number of nitrogens with zero attached hydrogens (tertiary/aromatic N) is 1. The lowest BCUT2D eigenvalue weighted by molar-refractivity contribution is -0.118. The van der Waals surface area contributed by atoms with Gasteiger partial charge < -0.3 is 15.2 Å². The van der Waals surface area contributed by atoms with Gasteiger partial charge in [-0.25, -0.2) is 4.79 Å². The highest BCUT2D eigenvalue weighted by Gasteiger charge is 2.12. The van der Waals surface area contributed by atoms with Crippen molar-refractivity contribution in [2.75, 3.05) is 11.9 Å². The Kier molecular flexibility index (Phi) is 5.09. The van der Waals surface area contributed by atoms with Crippen LogP contribution in [0.4, 0.5) is 5.69 Å². The first-order valence-electron chi connectivity index (χ1n) is 5.92. The van der Waals surface area contributed by atoms with Gasteiger partial charge in [-0.2, -0.15) is 0 Å². The molecule has 2 N–H and O–H groups in total. The van der Waals surface area contributed by atoms with E-state index in [-0.39, 0.29) is 23.8 Å². The van der Waals surface area contributed by atoms with Crippen molar-refractivity contribution < 1.29 is 19.4 Å². The molecular formula is C14H11IN2O4. The zero-order chi connectivity index (χ0) is 15.2. The summed E-state index contributed by atoms with van der Waals surface area (Å²) >= 11 is 2.10. The largest absolute Gasteiger partial charge is 0.481 e. The van der Waals surface area contributed by atoms with Crippen LogP contribution in [-0.2, 0) is 4.79 Å². The normalized spacial score (nSPS) is 9.95. The number of anilines is 1. The van der Waals surface area contributed by atoms with E-state index in [1.165, 1.54) is 18.5 Å². The van der Waals surface area contributed by atoms with Crippen LogP contribution in [0.5, 0.6) is 5.75 Å². The molecule has 21 heavy (non-hydrogen) atoms. The minimum atomic E-state index is -1.13. The van der Waals surface area contributed by atoms with E-state index in [1.54, 1.807) is 6.07 Å². The Balaban J connectivity index is 1.99. The maximum Gasteiger partial charge on any atom is 0.339 e. The Morgan fingerprint density at radius 2 is 2.05 bits per heavy atom. The number of rotatable bonds is 5. The lowest BCUT2D eigenvalue weighted by Crippen LogP contribution is -2.21. The summed E-state index contributed by atoms with van der Waals surface area (Å²) in [5, 5.41) is 11.7. The Labute approximate surface area is 134 Å². The highest BCUT2D eigenvalue weighted by molar-refractivity contribution is 14.1. The number of carboxylic acids is 1. The lowest BCUT2D eigenvalue weighted by atomic mass is 10.2. The van der Waals surface area contributed by atoms with Gasteiger partial charge in [-0.1, -0.05) is 12.1 Å². The molecule has 0 aliphatic heterocycles. The first-order chi connectivity index (χ1) is 10.1. The molecule has 108 valence electrons. The van der Waals surface area contributed by atoms with Gasteiger partial charge in [-0.15, -0.1) is 0 Å². The highest BCUT2D eigenvalue weighted by atomic mass is 127. The summed E-state index contributed by atoms with van der Waals surface area (Å²) in [4.78, 5) is 26.6. The predicted molar refractivity (Wildman–Crippen MR) is 84.5 cm³/mol. The molecule has 0 radical (unpaired) electrons. The molecule has 0 saturated carbocycles. The van der Waals surface area contributed by atoms with Gasteiger partial charge in [0, 0.05) is 9.77 Å². The number of para-hydroxylation sites is 1. The molecule has 0 spiro atoms. The third-order valence-electron chi connectivity index (χ3n) is 2.52. The average molecular weight is 398 g/mol. The molecule has 0 unspecified atom stereocenters. The average Bonchev–Trinajstić information content (AvgIpc) is 2.48. The Bertz CT molecular complexity index is 676. The van der Waals surface area contributed by atoms with Gasteiger partial charge in [-0.3, -0.25) is 9.78 Å². The van der Waals surface area contributed by atoms with Crippen molar-refractivity contribution in [3.8, 4) is 5.75 Å². The van der Waals surface area contributed by atoms with Gasteiger partial charge in [-0.05, 0) is 40.8 Å². The van der Waals surface area contributed by atoms with Crippen molar-refractivity contribution in [2.24, 2.45) is 0 Å². The second-order valence-corrected chi connectivity index (χ2v) is 5.16. The summed E-state index contributed by atoms with van der Waals surface area (Å²) in [5.41, 5.74) is 0.642. The van der Waals surface area contributed by atoms with Crippen molar-refractivity contribution >= 4 is 40.2 Å². The van der Waals surface area contributed by atoms with Crippen molar-refractivity contribution in [1.29, 1.82) is 0 Å². The molecular weight excluding hydrogens is 387 g/mol. The summed E-state index contributed by atoms with van der Waals surface area (Å²) in [6.45, 7) is -0.295. The molecule has 0 saturated heterocycles. The molecule has 1 aromatic heterocycles. The molecule has 1 aromatic carbocycles. The van der Waals surface area contributed by atoms with E-state index in [1.807, 2.05) is 18.2 Å². The van der Waals surface area contributed by atoms with E-state index < -0.39 is 5.97 Å². The number of amides is 1. The SMILES string of the molecule is O=C(COc1cnccc1C(=O)O)Nc1ccccc1I. The molecule has 6 nitrogen and oxygen atoms in total. The van der Waals surface area contributed by atoms with Crippen LogP contribution >= 0.6 is 22.6 Å². The van der Waals surface area contributed by atoms with Gasteiger partial charge in [0.2, 0.25) is 0 Å². The van der Waals surface area contributed by atoms with Crippen LogP contribution in [0.1, 0.15) is 10.4 Å². The fourth-order valence-corrected chi connectivity index (χ4v) is 2.09. The van der Waals surface area contributed by atoms with Crippen LogP contribution in [0.15, 0.2) is 42.7 Å². The molecule has 0 aliphatic carbocycles. The van der Waals surface area contributed by atoms with Crippen LogP contribution < -0.4 is 10.1 Å². The minimum Gasteiger partial charge on any atom is -0.481 e. The summed E-state index contributed by atoms with van der Waals surface area (Å²) < 4.78 is 6.11. The van der Waals surface area contributed by atoms with Crippen molar-refractivity contribution in [2.45, 2.75) is 0 Å². The maximum absolute atomic E-state index is 11.8. The van der Waals surface area contributed by atoms with E-state index in [0.717, 1.165) is 3.57 Å². The van der Waals surface area contributed by atoms with E-state index in [4.69, 9.17) is 9.84 Å². The standard InChI is InChI=1S/C14H11IN2O4/c15-10-3-1-2-4-11(10)17-13(18)8-21-12-7-16-6-5-9(12)14(19)20/h1-7H,8H2,(H,17,18)(H,19,20). The third kappa shape index (κ3) is 4.15. The molecule has 2 aromatic rings. The number of halogens is 1. The molecule has 2 rings (SSSR count). The third-order valence-corrected chi connectivity index (χ3v) is 3.46. The van der Waals surface area contributed by atoms with Crippen LogP contribution in [0.2, 0.25) is 0 Å². The monoisotopic (exact) mass is 398 g/mol. The number of ether oxygens (including phenoxy) is 1. The molecule has 0 bridgehead atoms. The maximum atomic E-state index is 11.8. The first kappa shape index (κ1) is 15.2. The number of nitrogens with one attached hydrogen (secondary N) is 1. The number of carboxylic acid groups (broad SMARTS) is 1. The first-order valence-corrected chi connectivity index (χ1v) is 7.00. The zero-order valence-electron chi connectivity index (χ0n) is 10.7. The second-order valence-electron chi connectivity index (χ2n) is 3.99. The number of carbonyl (C=O) groups excluding carboxylic acids is 1. The number of aromatic carboxylic acids is 1. The molecule has 1 amide bonds. The van der Waals surface area contributed by atoms with Gasteiger partial charge in [0.1, 0.15) is 5.56 Å². The molecule has 0 fully saturated rings. The van der Waals surface area contributed by atoms with Crippen molar-refractivity contribution in [3.63, 3.8) is 0 Å². The van der Waals surface area contributed by atoms with Crippen molar-refractivity contribution in [1.82, 2.24) is 4.98 Å². The molecule has 7 heteroatoms. The fraction of sp³-hybridized carbons (Fsp3) is 0.0714. The van der Waals surface area contributed by atoms with E-state index in [0.29, 0.717) is 5.69 Å². The number of aromatic nitrogens is 1. The van der Waals surface area contributed by atoms with E-state index in [9.17, 15) is 9.59 Å². The second kappa shape index (κ2) is 7.02. The van der Waals surface area contributed by atoms with Crippen LogP contribution in [0.3, 0.4) is 0 Å². The Morgan fingerprint density at radius 1 is 1.29 bits per heavy atom. The van der Waals surface area contributed by atoms with Crippen molar-refractivity contribution in [3.05, 3.63) is 51.9 Å². The van der Waals surface area contributed by atoms with Crippen LogP contribution in [0, 0.1) is 3.57 Å². The molecule has 0 aliphatic rings. The summed E-state index contributed by atoms with van der Waals surface area (Å²) in [5.74, 6) is -1.45. The lowest BCUT2D eigenvalue weighted by Gasteiger charge is -2.10. The summed E-state index contributed by atoms with van der Waals surface area (Å²) in [7, 11) is 0. The minimum absolute atomic E-state index is 0.0351. The fourth-order valence-electron chi connectivity index (χ4n) is 1.56.